The van der Waals surface area contributed by atoms with Crippen molar-refractivity contribution >= 4 is 11.9 Å². The summed E-state index contributed by atoms with van der Waals surface area (Å²) in [5.74, 6) is -0.526. The summed E-state index contributed by atoms with van der Waals surface area (Å²) >= 11 is 0. The number of carbonyl (C=O) groups excluding carboxylic acids is 2. The van der Waals surface area contributed by atoms with Crippen LogP contribution >= 0.6 is 0 Å². The number of carbonyl (C=O) groups is 2. The van der Waals surface area contributed by atoms with Crippen molar-refractivity contribution < 1.29 is 14.3 Å². The molecule has 98 valence electrons. The lowest BCUT2D eigenvalue weighted by Crippen LogP contribution is -2.46. The van der Waals surface area contributed by atoms with Gasteiger partial charge in [0.1, 0.15) is 0 Å². The molecule has 0 saturated carbocycles. The van der Waals surface area contributed by atoms with Gasteiger partial charge in [-0.3, -0.25) is 14.5 Å². The highest BCUT2D eigenvalue weighted by molar-refractivity contribution is 5.80. The number of hydrogen-bond acceptors (Lipinski definition) is 5. The van der Waals surface area contributed by atoms with E-state index in [-0.39, 0.29) is 25.0 Å². The second-order valence-electron chi connectivity index (χ2n) is 4.53. The Labute approximate surface area is 102 Å². The maximum absolute atomic E-state index is 11.5. The second-order valence-corrected chi connectivity index (χ2v) is 4.53. The van der Waals surface area contributed by atoms with Gasteiger partial charge in [-0.15, -0.1) is 0 Å². The van der Waals surface area contributed by atoms with Gasteiger partial charge in [-0.25, -0.2) is 0 Å². The molecule has 1 aliphatic heterocycles. The number of rotatable bonds is 4. The summed E-state index contributed by atoms with van der Waals surface area (Å²) in [5.41, 5.74) is 0. The molecule has 1 fully saturated rings. The molecule has 0 unspecified atom stereocenters. The van der Waals surface area contributed by atoms with Gasteiger partial charge in [-0.1, -0.05) is 0 Å². The van der Waals surface area contributed by atoms with Crippen molar-refractivity contribution in [2.24, 2.45) is 0 Å². The molecule has 6 nitrogen and oxygen atoms in total. The highest BCUT2D eigenvalue weighted by Crippen LogP contribution is 1.99. The van der Waals surface area contributed by atoms with Crippen molar-refractivity contribution in [3.63, 3.8) is 0 Å². The summed E-state index contributed by atoms with van der Waals surface area (Å²) in [4.78, 5) is 28.4. The predicted molar refractivity (Wildman–Crippen MR) is 63.6 cm³/mol. The first-order valence-electron chi connectivity index (χ1n) is 5.75. The van der Waals surface area contributed by atoms with Gasteiger partial charge in [0.2, 0.25) is 0 Å². The highest BCUT2D eigenvalue weighted by Gasteiger charge is 2.17. The van der Waals surface area contributed by atoms with Crippen molar-refractivity contribution in [2.75, 3.05) is 60.5 Å². The Kier molecular flexibility index (Phi) is 5.37. The van der Waals surface area contributed by atoms with E-state index in [1.54, 1.807) is 14.1 Å². The summed E-state index contributed by atoms with van der Waals surface area (Å²) in [5, 5.41) is 0. The van der Waals surface area contributed by atoms with Crippen LogP contribution in [0.25, 0.3) is 0 Å². The van der Waals surface area contributed by atoms with E-state index >= 15 is 0 Å². The number of amides is 1. The molecule has 0 aliphatic carbocycles. The van der Waals surface area contributed by atoms with Crippen LogP contribution in [0, 0.1) is 0 Å². The first-order valence-corrected chi connectivity index (χ1v) is 5.75. The summed E-state index contributed by atoms with van der Waals surface area (Å²) in [7, 11) is 5.33. The predicted octanol–water partition coefficient (Wildman–Crippen LogP) is -1.13. The normalized spacial score (nSPS) is 17.8. The maximum Gasteiger partial charge on any atom is 0.320 e. The zero-order valence-electron chi connectivity index (χ0n) is 10.8. The molecule has 1 heterocycles. The Morgan fingerprint density at radius 3 is 2.29 bits per heavy atom. The molecule has 0 spiro atoms. The van der Waals surface area contributed by atoms with Crippen molar-refractivity contribution in [1.82, 2.24) is 14.7 Å². The number of esters is 1. The number of hydrogen-bond donors (Lipinski definition) is 0. The molecular weight excluding hydrogens is 222 g/mol. The van der Waals surface area contributed by atoms with Gasteiger partial charge in [0.15, 0.2) is 6.61 Å². The minimum atomic E-state index is -0.329. The minimum Gasteiger partial charge on any atom is -0.455 e. The lowest BCUT2D eigenvalue weighted by molar-refractivity contribution is -0.152. The van der Waals surface area contributed by atoms with Crippen LogP contribution in [0.15, 0.2) is 0 Å². The van der Waals surface area contributed by atoms with Crippen LogP contribution in [-0.2, 0) is 14.3 Å². The molecule has 6 heteroatoms. The summed E-state index contributed by atoms with van der Waals surface area (Å²) in [6.45, 7) is 3.77. The molecule has 17 heavy (non-hydrogen) atoms. The Morgan fingerprint density at radius 2 is 1.76 bits per heavy atom. The maximum atomic E-state index is 11.5. The van der Waals surface area contributed by atoms with Crippen molar-refractivity contribution in [2.45, 2.75) is 0 Å². The Morgan fingerprint density at radius 1 is 1.18 bits per heavy atom. The van der Waals surface area contributed by atoms with Crippen LogP contribution in [-0.4, -0.2) is 87.0 Å². The second kappa shape index (κ2) is 6.56. The molecule has 0 N–H and O–H groups in total. The number of nitrogens with zero attached hydrogens (tertiary/aromatic N) is 3. The third-order valence-corrected chi connectivity index (χ3v) is 2.80. The van der Waals surface area contributed by atoms with E-state index in [1.807, 2.05) is 4.90 Å². The van der Waals surface area contributed by atoms with Gasteiger partial charge in [0, 0.05) is 40.3 Å². The molecule has 1 rings (SSSR count). The van der Waals surface area contributed by atoms with Crippen molar-refractivity contribution in [3.8, 4) is 0 Å². The van der Waals surface area contributed by atoms with Crippen molar-refractivity contribution in [3.05, 3.63) is 0 Å². The fourth-order valence-electron chi connectivity index (χ4n) is 1.51. The minimum absolute atomic E-state index is 0.167. The van der Waals surface area contributed by atoms with Crippen LogP contribution < -0.4 is 0 Å². The molecule has 1 saturated heterocycles. The van der Waals surface area contributed by atoms with E-state index in [0.29, 0.717) is 0 Å². The first kappa shape index (κ1) is 13.9. The quantitative estimate of drug-likeness (QED) is 0.585. The van der Waals surface area contributed by atoms with Crippen LogP contribution in [0.1, 0.15) is 0 Å². The van der Waals surface area contributed by atoms with Gasteiger partial charge >= 0.3 is 5.97 Å². The average Bonchev–Trinajstić information content (AvgIpc) is 2.29. The lowest BCUT2D eigenvalue weighted by atomic mass is 10.3. The zero-order valence-corrected chi connectivity index (χ0v) is 10.8. The van der Waals surface area contributed by atoms with Gasteiger partial charge < -0.3 is 14.5 Å². The molecule has 0 aromatic rings. The molecule has 0 bridgehead atoms. The summed E-state index contributed by atoms with van der Waals surface area (Å²) in [6, 6.07) is 0. The first-order chi connectivity index (χ1) is 7.99. The smallest absolute Gasteiger partial charge is 0.320 e. The third kappa shape index (κ3) is 5.14. The van der Waals surface area contributed by atoms with E-state index in [0.717, 1.165) is 26.2 Å². The molecule has 1 amide bonds. The van der Waals surface area contributed by atoms with E-state index in [4.69, 9.17) is 4.74 Å². The van der Waals surface area contributed by atoms with E-state index in [2.05, 4.69) is 11.9 Å². The summed E-state index contributed by atoms with van der Waals surface area (Å²) < 4.78 is 4.91. The standard InChI is InChI=1S/C11H21N3O3/c1-12(2)10(15)9-17-11(16)8-14-6-4-13(3)5-7-14/h4-9H2,1-3H3. The Hall–Kier alpha value is -1.14. The van der Waals surface area contributed by atoms with E-state index in [1.165, 1.54) is 4.90 Å². The molecule has 1 aliphatic rings. The average molecular weight is 243 g/mol. The fraction of sp³-hybridized carbons (Fsp3) is 0.818. The van der Waals surface area contributed by atoms with Gasteiger partial charge in [0.05, 0.1) is 6.54 Å². The van der Waals surface area contributed by atoms with Gasteiger partial charge in [-0.05, 0) is 7.05 Å². The Balaban J connectivity index is 2.19. The number of piperazine rings is 1. The monoisotopic (exact) mass is 243 g/mol. The summed E-state index contributed by atoms with van der Waals surface area (Å²) in [6.07, 6.45) is 0. The van der Waals surface area contributed by atoms with Crippen molar-refractivity contribution in [1.29, 1.82) is 0 Å². The van der Waals surface area contributed by atoms with Crippen LogP contribution in [0.2, 0.25) is 0 Å². The number of likely N-dealkylation sites (N-methyl/N-ethyl adjacent to an activating group) is 2. The van der Waals surface area contributed by atoms with Gasteiger partial charge in [-0.2, -0.15) is 0 Å². The lowest BCUT2D eigenvalue weighted by Gasteiger charge is -2.31. The fourth-order valence-corrected chi connectivity index (χ4v) is 1.51. The van der Waals surface area contributed by atoms with E-state index in [9.17, 15) is 9.59 Å². The largest absolute Gasteiger partial charge is 0.455 e. The molecule has 0 aromatic heterocycles. The molecular formula is C11H21N3O3. The SMILES string of the molecule is CN1CCN(CC(=O)OCC(=O)N(C)C)CC1. The number of ether oxygens (including phenoxy) is 1. The van der Waals surface area contributed by atoms with Crippen LogP contribution in [0.3, 0.4) is 0 Å². The molecule has 0 aromatic carbocycles. The molecule has 0 atom stereocenters. The van der Waals surface area contributed by atoms with E-state index < -0.39 is 0 Å². The van der Waals surface area contributed by atoms with Crippen LogP contribution in [0.4, 0.5) is 0 Å². The highest BCUT2D eigenvalue weighted by atomic mass is 16.5. The van der Waals surface area contributed by atoms with Crippen LogP contribution in [0.5, 0.6) is 0 Å². The zero-order chi connectivity index (χ0) is 12.8. The molecule has 0 radical (unpaired) electrons. The topological polar surface area (TPSA) is 53.1 Å². The Bertz CT molecular complexity index is 273. The van der Waals surface area contributed by atoms with Gasteiger partial charge in [0.25, 0.3) is 5.91 Å². The third-order valence-electron chi connectivity index (χ3n) is 2.80.